The van der Waals surface area contributed by atoms with E-state index in [2.05, 4.69) is 15.3 Å². The van der Waals surface area contributed by atoms with E-state index in [1.807, 2.05) is 36.6 Å². The molecule has 1 aliphatic heterocycles. The van der Waals surface area contributed by atoms with Crippen LogP contribution in [0.3, 0.4) is 0 Å². The van der Waals surface area contributed by atoms with Gasteiger partial charge in [-0.1, -0.05) is 24.8 Å². The predicted molar refractivity (Wildman–Crippen MR) is 105 cm³/mol. The van der Waals surface area contributed by atoms with E-state index < -0.39 is 6.17 Å². The normalized spacial score (nSPS) is 16.7. The maximum atomic E-state index is 13.4. The zero-order chi connectivity index (χ0) is 18.8. The van der Waals surface area contributed by atoms with E-state index in [1.165, 1.54) is 11.8 Å². The lowest BCUT2D eigenvalue weighted by molar-refractivity contribution is -0.132. The summed E-state index contributed by atoms with van der Waals surface area (Å²) in [5.41, 5.74) is 0.673. The number of thioether (sulfide) groups is 1. The fourth-order valence-electron chi connectivity index (χ4n) is 3.12. The molecule has 3 aromatic rings. The summed E-state index contributed by atoms with van der Waals surface area (Å²) < 4.78 is 15.1. The van der Waals surface area contributed by atoms with Gasteiger partial charge in [0.2, 0.25) is 5.91 Å². The molecule has 1 saturated heterocycles. The van der Waals surface area contributed by atoms with Crippen molar-refractivity contribution in [1.82, 2.24) is 24.7 Å². The lowest BCUT2D eigenvalue weighted by Gasteiger charge is -2.31. The molecule has 142 valence electrons. The predicted octanol–water partition coefficient (Wildman–Crippen LogP) is 3.68. The quantitative estimate of drug-likeness (QED) is 0.606. The molecule has 1 amide bonds. The van der Waals surface area contributed by atoms with Crippen molar-refractivity contribution in [3.8, 4) is 10.7 Å². The Morgan fingerprint density at radius 1 is 1.33 bits per heavy atom. The van der Waals surface area contributed by atoms with E-state index in [9.17, 15) is 9.18 Å². The third-order valence-electron chi connectivity index (χ3n) is 4.63. The number of thiophene rings is 1. The maximum Gasteiger partial charge on any atom is 0.236 e. The topological polar surface area (TPSA) is 63.4 Å². The minimum absolute atomic E-state index is 0.0681. The molecule has 6 nitrogen and oxygen atoms in total. The van der Waals surface area contributed by atoms with Crippen molar-refractivity contribution in [2.75, 3.05) is 13.1 Å². The van der Waals surface area contributed by atoms with Crippen LogP contribution in [0.2, 0.25) is 0 Å². The van der Waals surface area contributed by atoms with E-state index in [4.69, 9.17) is 0 Å². The highest BCUT2D eigenvalue weighted by molar-refractivity contribution is 8.00. The van der Waals surface area contributed by atoms with Gasteiger partial charge in [0.1, 0.15) is 11.2 Å². The van der Waals surface area contributed by atoms with Gasteiger partial charge in [-0.15, -0.1) is 21.5 Å². The lowest BCUT2D eigenvalue weighted by atomic mass is 10.1. The Morgan fingerprint density at radius 2 is 2.15 bits per heavy atom. The highest BCUT2D eigenvalue weighted by Gasteiger charge is 2.28. The van der Waals surface area contributed by atoms with Gasteiger partial charge in [0.05, 0.1) is 10.1 Å². The van der Waals surface area contributed by atoms with Gasteiger partial charge >= 0.3 is 0 Å². The Labute approximate surface area is 164 Å². The van der Waals surface area contributed by atoms with Gasteiger partial charge in [-0.25, -0.2) is 4.39 Å². The first-order valence-electron chi connectivity index (χ1n) is 9.01. The van der Waals surface area contributed by atoms with Crippen LogP contribution in [0.15, 0.2) is 34.7 Å². The number of amides is 1. The molecule has 4 rings (SSSR count). The number of carbonyl (C=O) groups is 1. The highest BCUT2D eigenvalue weighted by atomic mass is 32.2. The Balaban J connectivity index is 1.54. The largest absolute Gasteiger partial charge is 0.342 e. The first kappa shape index (κ1) is 18.4. The van der Waals surface area contributed by atoms with Crippen molar-refractivity contribution in [3.05, 3.63) is 29.6 Å². The molecule has 1 fully saturated rings. The number of alkyl halides is 1. The molecular formula is C18H20FN5OS2. The van der Waals surface area contributed by atoms with Crippen LogP contribution in [0.4, 0.5) is 4.39 Å². The Kier molecular flexibility index (Phi) is 5.40. The minimum Gasteiger partial charge on any atom is -0.342 e. The molecular weight excluding hydrogens is 385 g/mol. The maximum absolute atomic E-state index is 13.4. The van der Waals surface area contributed by atoms with Crippen LogP contribution in [0, 0.1) is 0 Å². The summed E-state index contributed by atoms with van der Waals surface area (Å²) >= 11 is 3.03. The molecule has 0 bridgehead atoms. The number of hydrogen-bond acceptors (Lipinski definition) is 6. The van der Waals surface area contributed by atoms with Crippen molar-refractivity contribution in [2.45, 2.75) is 42.6 Å². The fourth-order valence-corrected chi connectivity index (χ4v) is 4.80. The third-order valence-corrected chi connectivity index (χ3v) is 6.77. The zero-order valence-electron chi connectivity index (χ0n) is 14.9. The Hall–Kier alpha value is -2.00. The molecule has 9 heteroatoms. The standard InChI is InChI=1S/C18H20FN5OS2/c1-2-13(18(25)23-9-7-12(19)8-10-23)27-16-6-5-15-20-21-17(24(15)22-16)14-4-3-11-26-14/h3-6,11-13H,2,7-10H2,1H3/t13-/m1/s1. The van der Waals surface area contributed by atoms with E-state index in [-0.39, 0.29) is 11.2 Å². The molecule has 0 radical (unpaired) electrons. The summed E-state index contributed by atoms with van der Waals surface area (Å²) in [6.07, 6.45) is 0.776. The van der Waals surface area contributed by atoms with Crippen LogP contribution < -0.4 is 0 Å². The molecule has 0 unspecified atom stereocenters. The van der Waals surface area contributed by atoms with Gasteiger partial charge < -0.3 is 4.90 Å². The molecule has 1 aliphatic rings. The average molecular weight is 406 g/mol. The molecule has 0 spiro atoms. The zero-order valence-corrected chi connectivity index (χ0v) is 16.5. The number of carbonyl (C=O) groups excluding carboxylic acids is 1. The summed E-state index contributed by atoms with van der Waals surface area (Å²) in [7, 11) is 0. The second-order valence-corrected chi connectivity index (χ2v) is 8.63. The van der Waals surface area contributed by atoms with Crippen LogP contribution in [0.5, 0.6) is 0 Å². The van der Waals surface area contributed by atoms with Gasteiger partial charge in [-0.3, -0.25) is 4.79 Å². The first-order valence-corrected chi connectivity index (χ1v) is 10.8. The van der Waals surface area contributed by atoms with Crippen LogP contribution in [0.25, 0.3) is 16.3 Å². The average Bonchev–Trinajstić information content (AvgIpc) is 3.35. The minimum atomic E-state index is -0.782. The van der Waals surface area contributed by atoms with Crippen molar-refractivity contribution in [2.24, 2.45) is 0 Å². The van der Waals surface area contributed by atoms with Crippen LogP contribution in [0.1, 0.15) is 26.2 Å². The lowest BCUT2D eigenvalue weighted by Crippen LogP contribution is -2.43. The van der Waals surface area contributed by atoms with Crippen molar-refractivity contribution >= 4 is 34.7 Å². The number of nitrogens with zero attached hydrogens (tertiary/aromatic N) is 5. The molecule has 0 N–H and O–H groups in total. The Bertz CT molecular complexity index is 921. The van der Waals surface area contributed by atoms with Gasteiger partial charge in [-0.2, -0.15) is 9.61 Å². The summed E-state index contributed by atoms with van der Waals surface area (Å²) in [6, 6.07) is 7.68. The summed E-state index contributed by atoms with van der Waals surface area (Å²) in [6.45, 7) is 2.99. The van der Waals surface area contributed by atoms with Crippen molar-refractivity contribution < 1.29 is 9.18 Å². The van der Waals surface area contributed by atoms with Gasteiger partial charge in [-0.05, 0) is 42.8 Å². The third kappa shape index (κ3) is 3.84. The number of piperidine rings is 1. The van der Waals surface area contributed by atoms with Crippen molar-refractivity contribution in [1.29, 1.82) is 0 Å². The number of aromatic nitrogens is 4. The number of likely N-dealkylation sites (tertiary alicyclic amines) is 1. The van der Waals surface area contributed by atoms with Gasteiger partial charge in [0.15, 0.2) is 11.5 Å². The summed E-state index contributed by atoms with van der Waals surface area (Å²) in [5.74, 6) is 0.769. The number of rotatable bonds is 5. The second kappa shape index (κ2) is 7.93. The molecule has 4 heterocycles. The molecule has 0 aliphatic carbocycles. The molecule has 1 atom stereocenters. The van der Waals surface area contributed by atoms with E-state index in [1.54, 1.807) is 20.8 Å². The van der Waals surface area contributed by atoms with E-state index in [0.717, 1.165) is 9.90 Å². The number of fused-ring (bicyclic) bond motifs is 1. The smallest absolute Gasteiger partial charge is 0.236 e. The monoisotopic (exact) mass is 405 g/mol. The van der Waals surface area contributed by atoms with Crippen LogP contribution >= 0.6 is 23.1 Å². The van der Waals surface area contributed by atoms with Crippen LogP contribution in [-0.2, 0) is 4.79 Å². The van der Waals surface area contributed by atoms with Crippen LogP contribution in [-0.4, -0.2) is 55.1 Å². The van der Waals surface area contributed by atoms with E-state index in [0.29, 0.717) is 43.8 Å². The molecule has 0 aromatic carbocycles. The summed E-state index contributed by atoms with van der Waals surface area (Å²) in [4.78, 5) is 15.6. The second-order valence-electron chi connectivity index (χ2n) is 6.46. The van der Waals surface area contributed by atoms with Crippen molar-refractivity contribution in [3.63, 3.8) is 0 Å². The fraction of sp³-hybridized carbons (Fsp3) is 0.444. The number of hydrogen-bond donors (Lipinski definition) is 0. The first-order chi connectivity index (χ1) is 13.2. The molecule has 0 saturated carbocycles. The highest BCUT2D eigenvalue weighted by Crippen LogP contribution is 2.28. The SMILES string of the molecule is CC[C@@H](Sc1ccc2nnc(-c3cccs3)n2n1)C(=O)N1CCC(F)CC1. The molecule has 3 aromatic heterocycles. The summed E-state index contributed by atoms with van der Waals surface area (Å²) in [5, 5.41) is 15.6. The molecule has 27 heavy (non-hydrogen) atoms. The Morgan fingerprint density at radius 3 is 2.85 bits per heavy atom. The van der Waals surface area contributed by atoms with Gasteiger partial charge in [0.25, 0.3) is 0 Å². The van der Waals surface area contributed by atoms with Gasteiger partial charge in [0, 0.05) is 13.1 Å². The van der Waals surface area contributed by atoms with E-state index >= 15 is 0 Å². The number of halogens is 1.